The van der Waals surface area contributed by atoms with Gasteiger partial charge in [-0.15, -0.1) is 0 Å². The molecule has 2 fully saturated rings. The Morgan fingerprint density at radius 1 is 1.40 bits per heavy atom. The van der Waals surface area contributed by atoms with Gasteiger partial charge in [-0.3, -0.25) is 4.90 Å². The number of aliphatic hydroxyl groups is 1. The molecular weight excluding hydrogens is 254 g/mol. The summed E-state index contributed by atoms with van der Waals surface area (Å²) >= 11 is 0. The first-order valence-corrected chi connectivity index (χ1v) is 7.84. The highest BCUT2D eigenvalue weighted by molar-refractivity contribution is 4.97. The van der Waals surface area contributed by atoms with Crippen LogP contribution in [0, 0.1) is 5.92 Å². The average molecular weight is 279 g/mol. The second-order valence-electron chi connectivity index (χ2n) is 6.73. The van der Waals surface area contributed by atoms with Crippen molar-refractivity contribution in [1.82, 2.24) is 15.0 Å². The second-order valence-corrected chi connectivity index (χ2v) is 6.73. The van der Waals surface area contributed by atoms with Crippen molar-refractivity contribution in [3.05, 3.63) is 11.7 Å². The lowest BCUT2D eigenvalue weighted by atomic mass is 9.71. The molecule has 2 unspecified atom stereocenters. The number of hydrogen-bond acceptors (Lipinski definition) is 5. The number of rotatable bonds is 3. The molecule has 0 radical (unpaired) electrons. The van der Waals surface area contributed by atoms with Crippen LogP contribution in [0.25, 0.3) is 0 Å². The molecule has 20 heavy (non-hydrogen) atoms. The minimum Gasteiger partial charge on any atom is -0.390 e. The number of likely N-dealkylation sites (tertiary alicyclic amines) is 1. The van der Waals surface area contributed by atoms with Gasteiger partial charge in [0.05, 0.1) is 12.1 Å². The summed E-state index contributed by atoms with van der Waals surface area (Å²) in [7, 11) is 0. The first-order chi connectivity index (χ1) is 9.57. The Balaban J connectivity index is 1.61. The van der Waals surface area contributed by atoms with Gasteiger partial charge in [0.1, 0.15) is 0 Å². The molecule has 2 atom stereocenters. The highest BCUT2D eigenvalue weighted by Crippen LogP contribution is 2.39. The third-order valence-electron chi connectivity index (χ3n) is 4.87. The molecule has 0 bridgehead atoms. The number of aromatic nitrogens is 2. The molecule has 3 rings (SSSR count). The predicted molar refractivity (Wildman–Crippen MR) is 75.2 cm³/mol. The van der Waals surface area contributed by atoms with E-state index in [2.05, 4.69) is 28.9 Å². The van der Waals surface area contributed by atoms with E-state index in [0.29, 0.717) is 24.3 Å². The van der Waals surface area contributed by atoms with Crippen LogP contribution in [0.1, 0.15) is 63.6 Å². The van der Waals surface area contributed by atoms with Gasteiger partial charge in [-0.2, -0.15) is 4.98 Å². The van der Waals surface area contributed by atoms with Crippen molar-refractivity contribution in [2.24, 2.45) is 5.92 Å². The zero-order chi connectivity index (χ0) is 14.2. The molecule has 0 amide bonds. The fourth-order valence-corrected chi connectivity index (χ4v) is 3.54. The molecule has 1 aliphatic carbocycles. The van der Waals surface area contributed by atoms with E-state index in [4.69, 9.17) is 4.52 Å². The van der Waals surface area contributed by atoms with Crippen molar-refractivity contribution in [3.63, 3.8) is 0 Å². The van der Waals surface area contributed by atoms with E-state index in [1.54, 1.807) is 0 Å². The van der Waals surface area contributed by atoms with Gasteiger partial charge < -0.3 is 9.63 Å². The van der Waals surface area contributed by atoms with Crippen molar-refractivity contribution in [3.8, 4) is 0 Å². The van der Waals surface area contributed by atoms with Gasteiger partial charge in [0.25, 0.3) is 0 Å². The van der Waals surface area contributed by atoms with Crippen LogP contribution in [-0.2, 0) is 6.54 Å². The van der Waals surface area contributed by atoms with Crippen LogP contribution in [0.4, 0.5) is 0 Å². The Morgan fingerprint density at radius 3 is 3.00 bits per heavy atom. The van der Waals surface area contributed by atoms with Crippen LogP contribution < -0.4 is 0 Å². The molecule has 112 valence electrons. The van der Waals surface area contributed by atoms with Gasteiger partial charge in [-0.05, 0) is 19.3 Å². The number of nitrogens with zero attached hydrogens (tertiary/aromatic N) is 3. The zero-order valence-corrected chi connectivity index (χ0v) is 12.5. The van der Waals surface area contributed by atoms with E-state index in [0.717, 1.165) is 38.2 Å². The second kappa shape index (κ2) is 5.45. The molecule has 5 nitrogen and oxygen atoms in total. The Labute approximate surface area is 120 Å². The Kier molecular flexibility index (Phi) is 3.82. The molecule has 1 saturated carbocycles. The lowest BCUT2D eigenvalue weighted by Crippen LogP contribution is -2.52. The van der Waals surface area contributed by atoms with Crippen LogP contribution in [0.5, 0.6) is 0 Å². The van der Waals surface area contributed by atoms with Gasteiger partial charge in [-0.1, -0.05) is 31.8 Å². The fourth-order valence-electron chi connectivity index (χ4n) is 3.54. The van der Waals surface area contributed by atoms with Gasteiger partial charge in [0, 0.05) is 24.9 Å². The SMILES string of the molecule is CC(C)c1noc(CN2CCC3(O)CCCCC3C2)n1. The first-order valence-electron chi connectivity index (χ1n) is 7.84. The predicted octanol–water partition coefficient (Wildman–Crippen LogP) is 2.32. The quantitative estimate of drug-likeness (QED) is 0.920. The van der Waals surface area contributed by atoms with Crippen molar-refractivity contribution in [1.29, 1.82) is 0 Å². The first kappa shape index (κ1) is 14.0. The van der Waals surface area contributed by atoms with Crippen LogP contribution in [-0.4, -0.2) is 38.8 Å². The lowest BCUT2D eigenvalue weighted by Gasteiger charge is -2.47. The van der Waals surface area contributed by atoms with Gasteiger partial charge >= 0.3 is 0 Å². The fraction of sp³-hybridized carbons (Fsp3) is 0.867. The van der Waals surface area contributed by atoms with E-state index in [9.17, 15) is 5.11 Å². The number of fused-ring (bicyclic) bond motifs is 1. The molecule has 5 heteroatoms. The third-order valence-corrected chi connectivity index (χ3v) is 4.87. The molecule has 1 N–H and O–H groups in total. The van der Waals surface area contributed by atoms with E-state index in [1.165, 1.54) is 12.8 Å². The van der Waals surface area contributed by atoms with E-state index in [-0.39, 0.29) is 0 Å². The molecular formula is C15H25N3O2. The lowest BCUT2D eigenvalue weighted by molar-refractivity contribution is -0.0979. The van der Waals surface area contributed by atoms with E-state index in [1.807, 2.05) is 0 Å². The maximum Gasteiger partial charge on any atom is 0.240 e. The average Bonchev–Trinajstić information content (AvgIpc) is 2.88. The normalized spacial score (nSPS) is 31.5. The standard InChI is InChI=1S/C15H25N3O2/c1-11(2)14-16-13(20-17-14)10-18-8-7-15(19)6-4-3-5-12(15)9-18/h11-12,19H,3-10H2,1-2H3. The zero-order valence-electron chi connectivity index (χ0n) is 12.5. The summed E-state index contributed by atoms with van der Waals surface area (Å²) in [5, 5.41) is 14.7. The highest BCUT2D eigenvalue weighted by Gasteiger charge is 2.42. The van der Waals surface area contributed by atoms with Gasteiger partial charge in [0.2, 0.25) is 5.89 Å². The van der Waals surface area contributed by atoms with E-state index < -0.39 is 5.60 Å². The molecule has 1 aromatic rings. The largest absolute Gasteiger partial charge is 0.390 e. The maximum atomic E-state index is 10.7. The maximum absolute atomic E-state index is 10.7. The molecule has 1 saturated heterocycles. The summed E-state index contributed by atoms with van der Waals surface area (Å²) in [4.78, 5) is 6.79. The number of piperidine rings is 1. The summed E-state index contributed by atoms with van der Waals surface area (Å²) in [6.07, 6.45) is 5.42. The van der Waals surface area contributed by atoms with Crippen molar-refractivity contribution < 1.29 is 9.63 Å². The monoisotopic (exact) mass is 279 g/mol. The number of hydrogen-bond donors (Lipinski definition) is 1. The van der Waals surface area contributed by atoms with Gasteiger partial charge in [-0.25, -0.2) is 0 Å². The Morgan fingerprint density at radius 2 is 2.25 bits per heavy atom. The van der Waals surface area contributed by atoms with Crippen molar-refractivity contribution >= 4 is 0 Å². The topological polar surface area (TPSA) is 62.4 Å². The van der Waals surface area contributed by atoms with Crippen LogP contribution >= 0.6 is 0 Å². The summed E-state index contributed by atoms with van der Waals surface area (Å²) in [6, 6.07) is 0. The summed E-state index contributed by atoms with van der Waals surface area (Å²) < 4.78 is 5.32. The smallest absolute Gasteiger partial charge is 0.240 e. The minimum atomic E-state index is -0.410. The molecule has 0 spiro atoms. The summed E-state index contributed by atoms with van der Waals surface area (Å²) in [6.45, 7) is 6.73. The minimum absolute atomic E-state index is 0.303. The van der Waals surface area contributed by atoms with Gasteiger partial charge in [0.15, 0.2) is 5.82 Å². The Hall–Kier alpha value is -0.940. The highest BCUT2D eigenvalue weighted by atomic mass is 16.5. The van der Waals surface area contributed by atoms with Crippen molar-refractivity contribution in [2.45, 2.75) is 64.0 Å². The molecule has 2 aliphatic rings. The van der Waals surface area contributed by atoms with Crippen LogP contribution in [0.3, 0.4) is 0 Å². The summed E-state index contributed by atoms with van der Waals surface area (Å²) in [5.74, 6) is 2.20. The van der Waals surface area contributed by atoms with Crippen LogP contribution in [0.15, 0.2) is 4.52 Å². The third kappa shape index (κ3) is 2.74. The Bertz CT molecular complexity index is 460. The summed E-state index contributed by atoms with van der Waals surface area (Å²) in [5.41, 5.74) is -0.410. The molecule has 1 aromatic heterocycles. The molecule has 1 aliphatic heterocycles. The molecule has 0 aromatic carbocycles. The van der Waals surface area contributed by atoms with Crippen molar-refractivity contribution in [2.75, 3.05) is 13.1 Å². The van der Waals surface area contributed by atoms with Crippen LogP contribution in [0.2, 0.25) is 0 Å². The molecule has 2 heterocycles. The van der Waals surface area contributed by atoms with E-state index >= 15 is 0 Å².